The fraction of sp³-hybridized carbons (Fsp3) is 0.667. The smallest absolute Gasteiger partial charge is 0.326 e. The average Bonchev–Trinajstić information content (AvgIpc) is 2.46. The van der Waals surface area contributed by atoms with Crippen LogP contribution in [0, 0.1) is 5.92 Å². The zero-order chi connectivity index (χ0) is 17.3. The van der Waals surface area contributed by atoms with Crippen LogP contribution in [0.5, 0.6) is 0 Å². The molecular formula is C12H22N4O5S. The minimum absolute atomic E-state index is 0.0307. The van der Waals surface area contributed by atoms with Crippen molar-refractivity contribution in [3.05, 3.63) is 0 Å². The van der Waals surface area contributed by atoms with Crippen molar-refractivity contribution in [2.75, 3.05) is 18.8 Å². The van der Waals surface area contributed by atoms with Crippen molar-refractivity contribution >= 4 is 36.3 Å². The number of rotatable bonds is 9. The normalized spacial score (nSPS) is 13.1. The van der Waals surface area contributed by atoms with Gasteiger partial charge in [-0.2, -0.15) is 12.6 Å². The number of amides is 3. The summed E-state index contributed by atoms with van der Waals surface area (Å²) >= 11 is 3.93. The number of carbonyl (C=O) groups excluding carboxylic acids is 3. The molecule has 0 spiro atoms. The van der Waals surface area contributed by atoms with Gasteiger partial charge in [-0.1, -0.05) is 13.8 Å². The van der Waals surface area contributed by atoms with Crippen LogP contribution in [-0.2, 0) is 19.2 Å². The number of hydrogen-bond acceptors (Lipinski definition) is 6. The van der Waals surface area contributed by atoms with Crippen LogP contribution in [0.25, 0.3) is 0 Å². The lowest BCUT2D eigenvalue weighted by Gasteiger charge is -2.19. The van der Waals surface area contributed by atoms with Gasteiger partial charge in [0.15, 0.2) is 0 Å². The molecule has 6 N–H and O–H groups in total. The van der Waals surface area contributed by atoms with Crippen molar-refractivity contribution in [2.24, 2.45) is 11.7 Å². The largest absolute Gasteiger partial charge is 0.480 e. The highest BCUT2D eigenvalue weighted by molar-refractivity contribution is 7.80. The van der Waals surface area contributed by atoms with Gasteiger partial charge < -0.3 is 26.8 Å². The molecule has 0 rings (SSSR count). The Morgan fingerprint density at radius 1 is 1.14 bits per heavy atom. The number of thiol groups is 1. The van der Waals surface area contributed by atoms with Crippen LogP contribution in [-0.4, -0.2) is 59.7 Å². The van der Waals surface area contributed by atoms with Crippen molar-refractivity contribution in [3.63, 3.8) is 0 Å². The van der Waals surface area contributed by atoms with E-state index in [1.807, 2.05) is 0 Å². The quantitative estimate of drug-likeness (QED) is 0.261. The van der Waals surface area contributed by atoms with Crippen molar-refractivity contribution < 1.29 is 24.3 Å². The van der Waals surface area contributed by atoms with Crippen LogP contribution in [0.15, 0.2) is 0 Å². The van der Waals surface area contributed by atoms with Gasteiger partial charge in [0.2, 0.25) is 17.7 Å². The van der Waals surface area contributed by atoms with Gasteiger partial charge in [0.25, 0.3) is 0 Å². The fourth-order valence-corrected chi connectivity index (χ4v) is 1.73. The molecule has 0 saturated carbocycles. The minimum Gasteiger partial charge on any atom is -0.480 e. The van der Waals surface area contributed by atoms with Crippen LogP contribution in [0.1, 0.15) is 13.8 Å². The summed E-state index contributed by atoms with van der Waals surface area (Å²) in [5.41, 5.74) is 5.12. The van der Waals surface area contributed by atoms with Crippen molar-refractivity contribution in [2.45, 2.75) is 25.9 Å². The lowest BCUT2D eigenvalue weighted by molar-refractivity contribution is -0.143. The zero-order valence-corrected chi connectivity index (χ0v) is 13.4. The summed E-state index contributed by atoms with van der Waals surface area (Å²) in [6.45, 7) is 2.62. The highest BCUT2D eigenvalue weighted by Crippen LogP contribution is 2.01. The summed E-state index contributed by atoms with van der Waals surface area (Å²) in [5.74, 6) is -3.20. The first kappa shape index (κ1) is 20.2. The summed E-state index contributed by atoms with van der Waals surface area (Å²) < 4.78 is 0. The molecule has 2 unspecified atom stereocenters. The van der Waals surface area contributed by atoms with E-state index < -0.39 is 42.3 Å². The Kier molecular flexibility index (Phi) is 9.18. The van der Waals surface area contributed by atoms with Gasteiger partial charge in [-0.15, -0.1) is 0 Å². The molecule has 0 aliphatic heterocycles. The molecule has 22 heavy (non-hydrogen) atoms. The molecule has 0 aromatic heterocycles. The van der Waals surface area contributed by atoms with Crippen LogP contribution >= 0.6 is 12.6 Å². The third kappa shape index (κ3) is 7.27. The van der Waals surface area contributed by atoms with E-state index in [1.54, 1.807) is 13.8 Å². The summed E-state index contributed by atoms with van der Waals surface area (Å²) in [6.07, 6.45) is 0. The van der Waals surface area contributed by atoms with Crippen molar-refractivity contribution in [1.29, 1.82) is 0 Å². The molecular weight excluding hydrogens is 312 g/mol. The van der Waals surface area contributed by atoms with Crippen molar-refractivity contribution in [1.82, 2.24) is 16.0 Å². The van der Waals surface area contributed by atoms with Gasteiger partial charge in [0.05, 0.1) is 13.1 Å². The molecule has 0 aromatic carbocycles. The Balaban J connectivity index is 4.41. The monoisotopic (exact) mass is 334 g/mol. The molecule has 0 radical (unpaired) electrons. The molecule has 0 aliphatic carbocycles. The SMILES string of the molecule is CC(C)C(NC(=O)CNC(=O)C(CS)NC(=O)CN)C(=O)O. The van der Waals surface area contributed by atoms with Crippen LogP contribution in [0.2, 0.25) is 0 Å². The van der Waals surface area contributed by atoms with Gasteiger partial charge in [0.1, 0.15) is 12.1 Å². The van der Waals surface area contributed by atoms with E-state index in [1.165, 1.54) is 0 Å². The zero-order valence-electron chi connectivity index (χ0n) is 12.5. The third-order valence-corrected chi connectivity index (χ3v) is 3.06. The molecule has 0 aromatic rings. The first-order chi connectivity index (χ1) is 10.2. The van der Waals surface area contributed by atoms with E-state index in [4.69, 9.17) is 10.8 Å². The number of carboxylic acid groups (broad SMARTS) is 1. The molecule has 0 fully saturated rings. The Labute approximate surface area is 133 Å². The number of hydrogen-bond donors (Lipinski definition) is 6. The second kappa shape index (κ2) is 10.0. The first-order valence-corrected chi connectivity index (χ1v) is 7.26. The second-order valence-corrected chi connectivity index (χ2v) is 5.22. The number of carbonyl (C=O) groups is 4. The summed E-state index contributed by atoms with van der Waals surface area (Å²) in [5, 5.41) is 15.9. The highest BCUT2D eigenvalue weighted by Gasteiger charge is 2.24. The Morgan fingerprint density at radius 2 is 1.73 bits per heavy atom. The van der Waals surface area contributed by atoms with E-state index in [-0.39, 0.29) is 18.2 Å². The molecule has 3 amide bonds. The minimum atomic E-state index is -1.15. The molecule has 0 aliphatic rings. The third-order valence-electron chi connectivity index (χ3n) is 2.69. The maximum Gasteiger partial charge on any atom is 0.326 e. The van der Waals surface area contributed by atoms with Crippen LogP contribution in [0.4, 0.5) is 0 Å². The van der Waals surface area contributed by atoms with Gasteiger partial charge in [-0.25, -0.2) is 4.79 Å². The van der Waals surface area contributed by atoms with Crippen molar-refractivity contribution in [3.8, 4) is 0 Å². The average molecular weight is 334 g/mol. The van der Waals surface area contributed by atoms with Gasteiger partial charge in [-0.05, 0) is 5.92 Å². The predicted molar refractivity (Wildman–Crippen MR) is 82.3 cm³/mol. The van der Waals surface area contributed by atoms with E-state index in [0.717, 1.165) is 0 Å². The summed E-state index contributed by atoms with van der Waals surface area (Å²) in [4.78, 5) is 45.5. The molecule has 10 heteroatoms. The molecule has 9 nitrogen and oxygen atoms in total. The summed E-state index contributed by atoms with van der Waals surface area (Å²) in [7, 11) is 0. The first-order valence-electron chi connectivity index (χ1n) is 6.63. The van der Waals surface area contributed by atoms with E-state index in [0.29, 0.717) is 0 Å². The number of nitrogens with one attached hydrogen (secondary N) is 3. The topological polar surface area (TPSA) is 151 Å². The second-order valence-electron chi connectivity index (χ2n) is 4.85. The number of carboxylic acids is 1. The lowest BCUT2D eigenvalue weighted by Crippen LogP contribution is -2.53. The lowest BCUT2D eigenvalue weighted by atomic mass is 10.1. The molecule has 0 heterocycles. The van der Waals surface area contributed by atoms with Gasteiger partial charge >= 0.3 is 5.97 Å². The van der Waals surface area contributed by atoms with Gasteiger partial charge in [0, 0.05) is 5.75 Å². The van der Waals surface area contributed by atoms with E-state index in [2.05, 4.69) is 28.6 Å². The Hall–Kier alpha value is -1.81. The number of nitrogens with two attached hydrogens (primary N) is 1. The van der Waals surface area contributed by atoms with Crippen LogP contribution < -0.4 is 21.7 Å². The van der Waals surface area contributed by atoms with E-state index >= 15 is 0 Å². The maximum atomic E-state index is 11.8. The molecule has 2 atom stereocenters. The number of aliphatic carboxylic acids is 1. The Bertz CT molecular complexity index is 430. The molecule has 126 valence electrons. The summed E-state index contributed by atoms with van der Waals surface area (Å²) in [6, 6.07) is -1.96. The maximum absolute atomic E-state index is 11.8. The molecule has 0 saturated heterocycles. The van der Waals surface area contributed by atoms with Crippen LogP contribution in [0.3, 0.4) is 0 Å². The fourth-order valence-electron chi connectivity index (χ4n) is 1.48. The predicted octanol–water partition coefficient (Wildman–Crippen LogP) is -2.30. The Morgan fingerprint density at radius 3 is 2.14 bits per heavy atom. The highest BCUT2D eigenvalue weighted by atomic mass is 32.1. The van der Waals surface area contributed by atoms with Gasteiger partial charge in [-0.3, -0.25) is 14.4 Å². The molecule has 0 bridgehead atoms. The standard InChI is InChI=1S/C12H22N4O5S/c1-6(2)10(12(20)21)16-9(18)4-14-11(19)7(5-22)15-8(17)3-13/h6-7,10,22H,3-5,13H2,1-2H3,(H,14,19)(H,15,17)(H,16,18)(H,20,21). The van der Waals surface area contributed by atoms with E-state index in [9.17, 15) is 19.2 Å².